The third-order valence-corrected chi connectivity index (χ3v) is 3.97. The Morgan fingerprint density at radius 1 is 1.25 bits per heavy atom. The average molecular weight is 335 g/mol. The molecule has 1 aliphatic rings. The number of carbonyl (C=O) groups excluding carboxylic acids is 2. The number of carbonyl (C=O) groups is 2. The molecule has 0 aromatic heterocycles. The third kappa shape index (κ3) is 5.21. The maximum absolute atomic E-state index is 11.7. The van der Waals surface area contributed by atoms with Crippen LogP contribution in [0, 0.1) is 0 Å². The van der Waals surface area contributed by atoms with Crippen molar-refractivity contribution < 1.29 is 19.4 Å². The molecule has 0 unspecified atom stereocenters. The lowest BCUT2D eigenvalue weighted by Gasteiger charge is -2.16. The molecule has 1 fully saturated rings. The molecule has 1 aliphatic heterocycles. The van der Waals surface area contributed by atoms with Gasteiger partial charge in [0.15, 0.2) is 0 Å². The molecule has 2 amide bonds. The normalized spacial score (nSPS) is 18.0. The molecular formula is C17H25N3O4. The Morgan fingerprint density at radius 3 is 2.50 bits per heavy atom. The number of aliphatic hydroxyl groups excluding tert-OH is 1. The number of hydrogen-bond acceptors (Lipinski definition) is 5. The van der Waals surface area contributed by atoms with Crippen molar-refractivity contribution in [3.05, 3.63) is 29.8 Å². The third-order valence-electron chi connectivity index (χ3n) is 3.97. The van der Waals surface area contributed by atoms with Gasteiger partial charge in [0.1, 0.15) is 0 Å². The van der Waals surface area contributed by atoms with Crippen LogP contribution in [0.15, 0.2) is 24.3 Å². The van der Waals surface area contributed by atoms with E-state index in [0.717, 1.165) is 18.5 Å². The van der Waals surface area contributed by atoms with Crippen LogP contribution in [0.4, 0.5) is 5.69 Å². The molecule has 2 rings (SSSR count). The Morgan fingerprint density at radius 2 is 1.92 bits per heavy atom. The molecule has 7 nitrogen and oxygen atoms in total. The number of anilines is 1. The van der Waals surface area contributed by atoms with Crippen LogP contribution in [0.25, 0.3) is 0 Å². The van der Waals surface area contributed by atoms with Gasteiger partial charge in [0.05, 0.1) is 12.2 Å². The summed E-state index contributed by atoms with van der Waals surface area (Å²) in [6.45, 7) is 1.01. The predicted octanol–water partition coefficient (Wildman–Crippen LogP) is 0.197. The van der Waals surface area contributed by atoms with E-state index in [9.17, 15) is 14.7 Å². The van der Waals surface area contributed by atoms with Crippen molar-refractivity contribution in [1.82, 2.24) is 10.6 Å². The lowest BCUT2D eigenvalue weighted by Crippen LogP contribution is -2.43. The molecule has 24 heavy (non-hydrogen) atoms. The van der Waals surface area contributed by atoms with Gasteiger partial charge in [0.2, 0.25) is 0 Å². The van der Waals surface area contributed by atoms with E-state index >= 15 is 0 Å². The first-order valence-corrected chi connectivity index (χ1v) is 8.10. The highest BCUT2D eigenvalue weighted by atomic mass is 16.5. The van der Waals surface area contributed by atoms with E-state index in [4.69, 9.17) is 4.74 Å². The zero-order chi connectivity index (χ0) is 17.5. The Hall–Kier alpha value is -2.12. The van der Waals surface area contributed by atoms with Gasteiger partial charge in [-0.3, -0.25) is 9.59 Å². The molecule has 1 aromatic carbocycles. The van der Waals surface area contributed by atoms with Gasteiger partial charge >= 0.3 is 11.8 Å². The van der Waals surface area contributed by atoms with Crippen molar-refractivity contribution in [3.63, 3.8) is 0 Å². The Kier molecular flexibility index (Phi) is 6.57. The van der Waals surface area contributed by atoms with Crippen molar-refractivity contribution in [2.75, 3.05) is 38.7 Å². The highest BCUT2D eigenvalue weighted by molar-refractivity contribution is 6.35. The monoisotopic (exact) mass is 335 g/mol. The molecule has 7 heteroatoms. The van der Waals surface area contributed by atoms with E-state index in [-0.39, 0.29) is 12.6 Å². The number of rotatable bonds is 6. The maximum atomic E-state index is 11.7. The van der Waals surface area contributed by atoms with E-state index < -0.39 is 17.9 Å². The first-order valence-electron chi connectivity index (χ1n) is 8.10. The van der Waals surface area contributed by atoms with Gasteiger partial charge in [-0.2, -0.15) is 0 Å². The number of amides is 2. The van der Waals surface area contributed by atoms with E-state index in [1.807, 2.05) is 31.1 Å². The summed E-state index contributed by atoms with van der Waals surface area (Å²) in [6.07, 6.45) is 0.994. The molecule has 3 N–H and O–H groups in total. The van der Waals surface area contributed by atoms with E-state index in [2.05, 4.69) is 10.6 Å². The molecule has 0 spiro atoms. The lowest BCUT2D eigenvalue weighted by molar-refractivity contribution is -0.139. The second kappa shape index (κ2) is 8.65. The number of nitrogens with one attached hydrogen (secondary N) is 2. The van der Waals surface area contributed by atoms with Crippen molar-refractivity contribution in [2.45, 2.75) is 25.0 Å². The van der Waals surface area contributed by atoms with Crippen LogP contribution in [0.3, 0.4) is 0 Å². The number of ether oxygens (including phenoxy) is 1. The molecule has 0 radical (unpaired) electrons. The summed E-state index contributed by atoms with van der Waals surface area (Å²) in [7, 11) is 3.86. The van der Waals surface area contributed by atoms with Gasteiger partial charge in [-0.1, -0.05) is 12.1 Å². The first-order chi connectivity index (χ1) is 11.5. The van der Waals surface area contributed by atoms with Crippen molar-refractivity contribution in [3.8, 4) is 0 Å². The number of benzene rings is 1. The van der Waals surface area contributed by atoms with Gasteiger partial charge in [-0.05, 0) is 30.5 Å². The van der Waals surface area contributed by atoms with Gasteiger partial charge in [-0.15, -0.1) is 0 Å². The Bertz CT molecular complexity index is 553. The van der Waals surface area contributed by atoms with Crippen LogP contribution < -0.4 is 15.5 Å². The fourth-order valence-corrected chi connectivity index (χ4v) is 2.47. The van der Waals surface area contributed by atoms with Gasteiger partial charge in [0.25, 0.3) is 0 Å². The Labute approximate surface area is 142 Å². The minimum atomic E-state index is -0.865. The smallest absolute Gasteiger partial charge is 0.309 e. The molecule has 0 bridgehead atoms. The van der Waals surface area contributed by atoms with Gasteiger partial charge in [0, 0.05) is 39.5 Å². The number of aliphatic hydroxyl groups is 1. The number of nitrogens with zero attached hydrogens (tertiary/aromatic N) is 1. The SMILES string of the molecule is CN(C)c1ccc([C@@H](O)CNC(=O)C(=O)NC[C@@H]2CCCO2)cc1. The second-order valence-corrected chi connectivity index (χ2v) is 6.06. The molecule has 1 saturated heterocycles. The van der Waals surface area contributed by atoms with Crippen molar-refractivity contribution >= 4 is 17.5 Å². The van der Waals surface area contributed by atoms with Crippen LogP contribution in [0.5, 0.6) is 0 Å². The molecule has 1 heterocycles. The summed E-state index contributed by atoms with van der Waals surface area (Å²) in [5.74, 6) is -1.46. The molecule has 2 atom stereocenters. The molecule has 1 aromatic rings. The van der Waals surface area contributed by atoms with Crippen LogP contribution >= 0.6 is 0 Å². The highest BCUT2D eigenvalue weighted by Gasteiger charge is 2.20. The first kappa shape index (κ1) is 18.2. The topological polar surface area (TPSA) is 90.9 Å². The molecule has 0 saturated carbocycles. The quantitative estimate of drug-likeness (QED) is 0.646. The van der Waals surface area contributed by atoms with E-state index in [1.165, 1.54) is 0 Å². The van der Waals surface area contributed by atoms with Crippen molar-refractivity contribution in [2.24, 2.45) is 0 Å². The summed E-state index contributed by atoms with van der Waals surface area (Å²) in [4.78, 5) is 25.4. The minimum absolute atomic E-state index is 0.0115. The second-order valence-electron chi connectivity index (χ2n) is 6.06. The standard InChI is InChI=1S/C17H25N3O4/c1-20(2)13-7-5-12(6-8-13)15(21)11-19-17(23)16(22)18-10-14-4-3-9-24-14/h5-8,14-15,21H,3-4,9-11H2,1-2H3,(H,18,22)(H,19,23)/t14-,15-/m0/s1. The minimum Gasteiger partial charge on any atom is -0.387 e. The summed E-state index contributed by atoms with van der Waals surface area (Å²) in [6, 6.07) is 7.36. The lowest BCUT2D eigenvalue weighted by atomic mass is 10.1. The predicted molar refractivity (Wildman–Crippen MR) is 90.7 cm³/mol. The van der Waals surface area contributed by atoms with Crippen LogP contribution in [0.2, 0.25) is 0 Å². The summed E-state index contributed by atoms with van der Waals surface area (Å²) < 4.78 is 5.38. The van der Waals surface area contributed by atoms with Gasteiger partial charge < -0.3 is 25.4 Å². The van der Waals surface area contributed by atoms with Crippen LogP contribution in [-0.2, 0) is 14.3 Å². The fraction of sp³-hybridized carbons (Fsp3) is 0.529. The van der Waals surface area contributed by atoms with E-state index in [1.54, 1.807) is 12.1 Å². The molecule has 132 valence electrons. The largest absolute Gasteiger partial charge is 0.387 e. The zero-order valence-corrected chi connectivity index (χ0v) is 14.1. The van der Waals surface area contributed by atoms with E-state index in [0.29, 0.717) is 18.7 Å². The summed E-state index contributed by atoms with van der Waals surface area (Å²) in [5.41, 5.74) is 1.70. The Balaban J connectivity index is 1.74. The van der Waals surface area contributed by atoms with Gasteiger partial charge in [-0.25, -0.2) is 0 Å². The van der Waals surface area contributed by atoms with Crippen LogP contribution in [0.1, 0.15) is 24.5 Å². The average Bonchev–Trinajstić information content (AvgIpc) is 3.10. The highest BCUT2D eigenvalue weighted by Crippen LogP contribution is 2.17. The van der Waals surface area contributed by atoms with Crippen LogP contribution in [-0.4, -0.2) is 56.8 Å². The molecular weight excluding hydrogens is 310 g/mol. The molecule has 0 aliphatic carbocycles. The maximum Gasteiger partial charge on any atom is 0.309 e. The summed E-state index contributed by atoms with van der Waals surface area (Å²) >= 11 is 0. The zero-order valence-electron chi connectivity index (χ0n) is 14.1. The van der Waals surface area contributed by atoms with Crippen molar-refractivity contribution in [1.29, 1.82) is 0 Å². The summed E-state index contributed by atoms with van der Waals surface area (Å²) in [5, 5.41) is 15.1. The number of hydrogen-bond donors (Lipinski definition) is 3. The fourth-order valence-electron chi connectivity index (χ4n) is 2.47.